The van der Waals surface area contributed by atoms with Crippen molar-refractivity contribution in [2.45, 2.75) is 95.7 Å². The molecule has 2 rings (SSSR count). The number of hydrogen-bond donors (Lipinski definition) is 4. The van der Waals surface area contributed by atoms with E-state index in [1.807, 2.05) is 0 Å². The van der Waals surface area contributed by atoms with Crippen molar-refractivity contribution in [2.75, 3.05) is 13.7 Å². The van der Waals surface area contributed by atoms with E-state index in [0.717, 1.165) is 18.1 Å². The Kier molecular flexibility index (Phi) is 10.4. The lowest BCUT2D eigenvalue weighted by atomic mass is 9.80. The fraction of sp³-hybridized carbons (Fsp3) is 0.947. The number of fused-ring (bicyclic) bond motifs is 2. The highest BCUT2D eigenvalue weighted by Gasteiger charge is 2.50. The van der Waals surface area contributed by atoms with E-state index in [2.05, 4.69) is 20.9 Å². The molecule has 2 bridgehead atoms. The van der Waals surface area contributed by atoms with Gasteiger partial charge in [-0.05, 0) is 39.0 Å². The van der Waals surface area contributed by atoms with Gasteiger partial charge in [-0.15, -0.1) is 17.0 Å². The smallest absolute Gasteiger partial charge is 0.126 e. The van der Waals surface area contributed by atoms with Crippen LogP contribution in [0.5, 0.6) is 0 Å². The molecule has 27 heavy (non-hydrogen) atoms. The first-order chi connectivity index (χ1) is 11.9. The summed E-state index contributed by atoms with van der Waals surface area (Å²) in [6.07, 6.45) is 3.49. The number of aliphatic carboxylic acids is 1. The number of rotatable bonds is 6. The van der Waals surface area contributed by atoms with Crippen LogP contribution in [0.25, 0.3) is 0 Å². The molecule has 0 aliphatic carbocycles. The number of carbonyl (C=O) groups is 1. The first kappa shape index (κ1) is 26.8. The SMILES string of the molecule is Br.CC(C)C(O)(C(O)CO)C(O)C(=O)[O-].CC(C)[N+]1(C)C2CCCC1CC2. The third kappa shape index (κ3) is 5.22. The number of halogens is 1. The average molecular weight is 456 g/mol. The molecule has 0 spiro atoms. The van der Waals surface area contributed by atoms with Crippen molar-refractivity contribution >= 4 is 23.0 Å². The zero-order valence-corrected chi connectivity index (χ0v) is 18.9. The molecule has 2 fully saturated rings. The molecule has 0 aromatic carbocycles. The van der Waals surface area contributed by atoms with Gasteiger partial charge in [-0.1, -0.05) is 13.8 Å². The number of aliphatic hydroxyl groups excluding tert-OH is 3. The zero-order chi connectivity index (χ0) is 20.3. The van der Waals surface area contributed by atoms with E-state index in [0.29, 0.717) is 0 Å². The summed E-state index contributed by atoms with van der Waals surface area (Å²) < 4.78 is 1.39. The van der Waals surface area contributed by atoms with Gasteiger partial charge in [0.1, 0.15) is 17.8 Å². The maximum absolute atomic E-state index is 10.4. The van der Waals surface area contributed by atoms with Crippen molar-refractivity contribution in [3.63, 3.8) is 0 Å². The van der Waals surface area contributed by atoms with E-state index >= 15 is 0 Å². The van der Waals surface area contributed by atoms with Gasteiger partial charge in [-0.25, -0.2) is 0 Å². The molecule has 2 heterocycles. The van der Waals surface area contributed by atoms with E-state index in [1.54, 1.807) is 0 Å². The monoisotopic (exact) mass is 455 g/mol. The van der Waals surface area contributed by atoms with Gasteiger partial charge in [-0.3, -0.25) is 0 Å². The molecule has 7 nitrogen and oxygen atoms in total. The third-order valence-corrected chi connectivity index (χ3v) is 6.89. The van der Waals surface area contributed by atoms with Crippen LogP contribution in [-0.4, -0.2) is 80.5 Å². The Hall–Kier alpha value is -0.250. The van der Waals surface area contributed by atoms with Crippen molar-refractivity contribution in [3.05, 3.63) is 0 Å². The van der Waals surface area contributed by atoms with E-state index in [1.165, 1.54) is 50.4 Å². The average Bonchev–Trinajstić information content (AvgIpc) is 2.78. The van der Waals surface area contributed by atoms with Crippen LogP contribution in [-0.2, 0) is 4.79 Å². The molecule has 0 saturated carbocycles. The summed E-state index contributed by atoms with van der Waals surface area (Å²) >= 11 is 0. The zero-order valence-electron chi connectivity index (χ0n) is 17.2. The summed E-state index contributed by atoms with van der Waals surface area (Å²) in [5.74, 6) is -2.65. The van der Waals surface area contributed by atoms with Gasteiger partial charge in [0.25, 0.3) is 0 Å². The van der Waals surface area contributed by atoms with Crippen LogP contribution in [0.2, 0.25) is 0 Å². The van der Waals surface area contributed by atoms with Crippen LogP contribution < -0.4 is 5.11 Å². The minimum Gasteiger partial charge on any atom is -0.547 e. The molecule has 2 aliphatic heterocycles. The van der Waals surface area contributed by atoms with Crippen molar-refractivity contribution in [3.8, 4) is 0 Å². The molecule has 162 valence electrons. The summed E-state index contributed by atoms with van der Waals surface area (Å²) in [4.78, 5) is 10.4. The van der Waals surface area contributed by atoms with Crippen molar-refractivity contribution in [1.29, 1.82) is 0 Å². The molecular weight excluding hydrogens is 418 g/mol. The Bertz CT molecular complexity index is 459. The second-order valence-corrected chi connectivity index (χ2v) is 8.59. The van der Waals surface area contributed by atoms with Gasteiger partial charge in [-0.2, -0.15) is 0 Å². The Balaban J connectivity index is 0.000000485. The Labute approximate surface area is 173 Å². The summed E-state index contributed by atoms with van der Waals surface area (Å²) in [5, 5.41) is 47.0. The highest BCUT2D eigenvalue weighted by Crippen LogP contribution is 2.42. The lowest BCUT2D eigenvalue weighted by Crippen LogP contribution is -2.62. The van der Waals surface area contributed by atoms with Gasteiger partial charge in [0.15, 0.2) is 0 Å². The maximum atomic E-state index is 10.4. The molecule has 2 saturated heterocycles. The van der Waals surface area contributed by atoms with E-state index < -0.39 is 36.3 Å². The summed E-state index contributed by atoms with van der Waals surface area (Å²) in [6.45, 7) is 6.77. The number of carbonyl (C=O) groups excluding carboxylic acids is 1. The normalized spacial score (nSPS) is 31.4. The number of hydrogen-bond acceptors (Lipinski definition) is 6. The predicted molar refractivity (Wildman–Crippen MR) is 106 cm³/mol. The Morgan fingerprint density at radius 2 is 1.56 bits per heavy atom. The van der Waals surface area contributed by atoms with Crippen LogP contribution in [0.15, 0.2) is 0 Å². The topological polar surface area (TPSA) is 121 Å². The van der Waals surface area contributed by atoms with E-state index in [4.69, 9.17) is 10.2 Å². The third-order valence-electron chi connectivity index (χ3n) is 6.89. The molecule has 0 aromatic heterocycles. The summed E-state index contributed by atoms with van der Waals surface area (Å²) in [6, 6.07) is 2.84. The van der Waals surface area contributed by atoms with E-state index in [-0.39, 0.29) is 17.0 Å². The highest BCUT2D eigenvalue weighted by molar-refractivity contribution is 8.93. The Morgan fingerprint density at radius 3 is 1.81 bits per heavy atom. The van der Waals surface area contributed by atoms with Gasteiger partial charge < -0.3 is 34.8 Å². The second kappa shape index (κ2) is 10.5. The maximum Gasteiger partial charge on any atom is 0.126 e. The van der Waals surface area contributed by atoms with Gasteiger partial charge >= 0.3 is 0 Å². The van der Waals surface area contributed by atoms with Gasteiger partial charge in [0, 0.05) is 12.8 Å². The number of aliphatic hydroxyl groups is 4. The van der Waals surface area contributed by atoms with Crippen LogP contribution in [0.1, 0.15) is 59.8 Å². The summed E-state index contributed by atoms with van der Waals surface area (Å²) in [5.41, 5.74) is -2.31. The second-order valence-electron chi connectivity index (χ2n) is 8.59. The highest BCUT2D eigenvalue weighted by atomic mass is 79.9. The number of quaternary nitrogens is 1. The lowest BCUT2D eigenvalue weighted by Gasteiger charge is -2.48. The predicted octanol–water partition coefficient (Wildman–Crippen LogP) is -0.0283. The fourth-order valence-electron chi connectivity index (χ4n) is 4.73. The summed E-state index contributed by atoms with van der Waals surface area (Å²) in [7, 11) is 2.49. The number of nitrogens with zero attached hydrogens (tertiary/aromatic N) is 1. The minimum absolute atomic E-state index is 0. The first-order valence-electron chi connectivity index (χ1n) is 9.69. The molecule has 0 amide bonds. The fourth-order valence-corrected chi connectivity index (χ4v) is 4.73. The molecular formula is C19H38BrNO6. The van der Waals surface area contributed by atoms with Gasteiger partial charge in [0.05, 0.1) is 37.7 Å². The molecule has 5 unspecified atom stereocenters. The molecule has 4 N–H and O–H groups in total. The molecule has 5 atom stereocenters. The minimum atomic E-state index is -2.31. The van der Waals surface area contributed by atoms with E-state index in [9.17, 15) is 20.1 Å². The lowest BCUT2D eigenvalue weighted by molar-refractivity contribution is -0.967. The standard InChI is InChI=1S/C11H22N.C8H16O6.BrH/c1-9(2)12(3)10-5-4-6-11(12)8-7-10;1-4(2)8(14,5(10)3-9)6(11)7(12)13;/h9-11H,4-8H2,1-3H3;4-6,9-11,14H,3H2,1-2H3,(H,12,13);1H/q+1;;/p-1. The number of piperidine rings is 1. The van der Waals surface area contributed by atoms with Crippen LogP contribution in [0, 0.1) is 5.92 Å². The van der Waals surface area contributed by atoms with Gasteiger partial charge in [0.2, 0.25) is 0 Å². The number of carboxylic acids is 1. The molecule has 0 aromatic rings. The molecule has 0 radical (unpaired) electrons. The quantitative estimate of drug-likeness (QED) is 0.417. The van der Waals surface area contributed by atoms with Crippen LogP contribution in [0.3, 0.4) is 0 Å². The number of carboxylic acid groups (broad SMARTS) is 1. The van der Waals surface area contributed by atoms with Crippen LogP contribution >= 0.6 is 17.0 Å². The van der Waals surface area contributed by atoms with Crippen molar-refractivity contribution in [1.82, 2.24) is 0 Å². The first-order valence-corrected chi connectivity index (χ1v) is 9.69. The van der Waals surface area contributed by atoms with Crippen LogP contribution in [0.4, 0.5) is 0 Å². The largest absolute Gasteiger partial charge is 0.547 e. The molecule has 8 heteroatoms. The molecule has 2 aliphatic rings. The Morgan fingerprint density at radius 1 is 1.11 bits per heavy atom. The van der Waals surface area contributed by atoms with Crippen molar-refractivity contribution < 1.29 is 34.8 Å². The van der Waals surface area contributed by atoms with Crippen molar-refractivity contribution in [2.24, 2.45) is 5.92 Å².